The molecule has 0 saturated carbocycles. The molecule has 0 bridgehead atoms. The molecule has 0 aliphatic carbocycles. The third-order valence-electron chi connectivity index (χ3n) is 3.25. The molecule has 18 heavy (non-hydrogen) atoms. The van der Waals surface area contributed by atoms with Gasteiger partial charge in [-0.3, -0.25) is 0 Å². The van der Waals surface area contributed by atoms with Crippen molar-refractivity contribution in [1.82, 2.24) is 0 Å². The molecule has 0 fully saturated rings. The van der Waals surface area contributed by atoms with Gasteiger partial charge < -0.3 is 5.11 Å². The second-order valence-corrected chi connectivity index (χ2v) is 5.26. The van der Waals surface area contributed by atoms with Crippen molar-refractivity contribution in [2.75, 3.05) is 0 Å². The normalized spacial score (nSPS) is 14.2. The van der Waals surface area contributed by atoms with E-state index in [2.05, 4.69) is 13.0 Å². The van der Waals surface area contributed by atoms with Crippen molar-refractivity contribution in [3.63, 3.8) is 0 Å². The van der Waals surface area contributed by atoms with Gasteiger partial charge in [0.2, 0.25) is 0 Å². The van der Waals surface area contributed by atoms with Crippen molar-refractivity contribution in [1.29, 1.82) is 0 Å². The summed E-state index contributed by atoms with van der Waals surface area (Å²) in [6, 6.07) is 15.5. The number of hydrogen-bond donors (Lipinski definition) is 1. The van der Waals surface area contributed by atoms with Crippen LogP contribution < -0.4 is 0 Å². The Morgan fingerprint density at radius 3 is 2.33 bits per heavy atom. The van der Waals surface area contributed by atoms with Crippen LogP contribution >= 0.6 is 11.6 Å². The Hall–Kier alpha value is -1.31. The van der Waals surface area contributed by atoms with Gasteiger partial charge in [0, 0.05) is 17.0 Å². The first-order chi connectivity index (χ1) is 8.50. The van der Waals surface area contributed by atoms with E-state index in [-0.39, 0.29) is 0 Å². The van der Waals surface area contributed by atoms with Crippen LogP contribution in [0.3, 0.4) is 0 Å². The fourth-order valence-electron chi connectivity index (χ4n) is 2.17. The molecule has 0 aliphatic heterocycles. The van der Waals surface area contributed by atoms with Gasteiger partial charge in [0.05, 0.1) is 5.60 Å². The van der Waals surface area contributed by atoms with Crippen molar-refractivity contribution in [3.8, 4) is 0 Å². The molecule has 1 unspecified atom stereocenters. The molecule has 1 N–H and O–H groups in total. The summed E-state index contributed by atoms with van der Waals surface area (Å²) in [5, 5.41) is 11.3. The third kappa shape index (κ3) is 2.74. The molecule has 2 aromatic carbocycles. The second kappa shape index (κ2) is 5.13. The van der Waals surface area contributed by atoms with Gasteiger partial charge in [-0.05, 0) is 31.0 Å². The van der Waals surface area contributed by atoms with Crippen LogP contribution in [0.15, 0.2) is 48.5 Å². The quantitative estimate of drug-likeness (QED) is 0.881. The molecule has 0 saturated heterocycles. The van der Waals surface area contributed by atoms with E-state index in [9.17, 15) is 5.11 Å². The standard InChI is InChI=1S/C16H17ClO/c1-12-7-3-4-8-13(12)11-16(2,18)14-9-5-6-10-15(14)17/h3-10,18H,11H2,1-2H3. The molecule has 2 aromatic rings. The summed E-state index contributed by atoms with van der Waals surface area (Å²) < 4.78 is 0. The van der Waals surface area contributed by atoms with Crippen molar-refractivity contribution in [2.45, 2.75) is 25.9 Å². The van der Waals surface area contributed by atoms with Crippen LogP contribution in [0.2, 0.25) is 5.02 Å². The van der Waals surface area contributed by atoms with E-state index < -0.39 is 5.60 Å². The van der Waals surface area contributed by atoms with Crippen LogP contribution in [0.5, 0.6) is 0 Å². The molecule has 94 valence electrons. The van der Waals surface area contributed by atoms with E-state index >= 15 is 0 Å². The highest BCUT2D eigenvalue weighted by atomic mass is 35.5. The number of benzene rings is 2. The van der Waals surface area contributed by atoms with E-state index in [4.69, 9.17) is 11.6 Å². The Morgan fingerprint density at radius 2 is 1.67 bits per heavy atom. The fourth-order valence-corrected chi connectivity index (χ4v) is 2.51. The van der Waals surface area contributed by atoms with Gasteiger partial charge in [-0.1, -0.05) is 54.1 Å². The van der Waals surface area contributed by atoms with Crippen LogP contribution in [0.4, 0.5) is 0 Å². The number of aliphatic hydroxyl groups is 1. The van der Waals surface area contributed by atoms with Crippen molar-refractivity contribution in [3.05, 3.63) is 70.2 Å². The van der Waals surface area contributed by atoms with Gasteiger partial charge in [0.1, 0.15) is 0 Å². The molecular weight excluding hydrogens is 244 g/mol. The van der Waals surface area contributed by atoms with Gasteiger partial charge in [0.15, 0.2) is 0 Å². The van der Waals surface area contributed by atoms with E-state index in [1.807, 2.05) is 42.5 Å². The van der Waals surface area contributed by atoms with E-state index in [1.54, 1.807) is 6.92 Å². The van der Waals surface area contributed by atoms with Gasteiger partial charge in [0.25, 0.3) is 0 Å². The first-order valence-electron chi connectivity index (χ1n) is 6.02. The molecule has 0 radical (unpaired) electrons. The lowest BCUT2D eigenvalue weighted by molar-refractivity contribution is 0.0576. The minimum absolute atomic E-state index is 0.559. The van der Waals surface area contributed by atoms with Crippen LogP contribution in [0.25, 0.3) is 0 Å². The SMILES string of the molecule is Cc1ccccc1CC(C)(O)c1ccccc1Cl. The minimum Gasteiger partial charge on any atom is -0.385 e. The summed E-state index contributed by atoms with van der Waals surface area (Å²) in [4.78, 5) is 0. The van der Waals surface area contributed by atoms with Crippen LogP contribution in [0.1, 0.15) is 23.6 Å². The molecule has 0 aromatic heterocycles. The molecule has 1 nitrogen and oxygen atoms in total. The first kappa shape index (κ1) is 13.1. The Kier molecular flexibility index (Phi) is 3.74. The minimum atomic E-state index is -0.954. The predicted molar refractivity (Wildman–Crippen MR) is 75.9 cm³/mol. The summed E-state index contributed by atoms with van der Waals surface area (Å²) in [6.07, 6.45) is 0.559. The van der Waals surface area contributed by atoms with Gasteiger partial charge in [-0.25, -0.2) is 0 Å². The molecule has 0 spiro atoms. The fraction of sp³-hybridized carbons (Fsp3) is 0.250. The number of hydrogen-bond acceptors (Lipinski definition) is 1. The average Bonchev–Trinajstić information content (AvgIpc) is 2.32. The molecule has 0 heterocycles. The van der Waals surface area contributed by atoms with Crippen molar-refractivity contribution >= 4 is 11.6 Å². The summed E-state index contributed by atoms with van der Waals surface area (Å²) in [5.41, 5.74) is 2.15. The lowest BCUT2D eigenvalue weighted by Gasteiger charge is -2.25. The molecule has 0 aliphatic rings. The topological polar surface area (TPSA) is 20.2 Å². The molecule has 1 atom stereocenters. The monoisotopic (exact) mass is 260 g/mol. The van der Waals surface area contributed by atoms with Crippen LogP contribution in [-0.2, 0) is 12.0 Å². The maximum atomic E-state index is 10.7. The summed E-state index contributed by atoms with van der Waals surface area (Å²) in [7, 11) is 0. The Labute approximate surface area is 113 Å². The molecule has 2 rings (SSSR count). The molecule has 2 heteroatoms. The zero-order valence-electron chi connectivity index (χ0n) is 10.7. The molecular formula is C16H17ClO. The van der Waals surface area contributed by atoms with Gasteiger partial charge in [-0.15, -0.1) is 0 Å². The predicted octanol–water partition coefficient (Wildman–Crippen LogP) is 4.10. The third-order valence-corrected chi connectivity index (χ3v) is 3.58. The highest BCUT2D eigenvalue weighted by molar-refractivity contribution is 6.31. The maximum absolute atomic E-state index is 10.7. The number of halogens is 1. The number of aryl methyl sites for hydroxylation is 1. The van der Waals surface area contributed by atoms with Crippen molar-refractivity contribution < 1.29 is 5.11 Å². The second-order valence-electron chi connectivity index (χ2n) is 4.86. The van der Waals surface area contributed by atoms with Crippen LogP contribution in [-0.4, -0.2) is 5.11 Å². The maximum Gasteiger partial charge on any atom is 0.0923 e. The summed E-state index contributed by atoms with van der Waals surface area (Å²) >= 11 is 6.15. The highest BCUT2D eigenvalue weighted by Gasteiger charge is 2.26. The lowest BCUT2D eigenvalue weighted by atomic mass is 9.87. The highest BCUT2D eigenvalue weighted by Crippen LogP contribution is 2.31. The van der Waals surface area contributed by atoms with E-state index in [0.29, 0.717) is 11.4 Å². The number of rotatable bonds is 3. The molecule has 0 amide bonds. The Balaban J connectivity index is 2.33. The Morgan fingerprint density at radius 1 is 1.06 bits per heavy atom. The summed E-state index contributed by atoms with van der Waals surface area (Å²) in [6.45, 7) is 3.86. The smallest absolute Gasteiger partial charge is 0.0923 e. The first-order valence-corrected chi connectivity index (χ1v) is 6.40. The Bertz CT molecular complexity index is 546. The van der Waals surface area contributed by atoms with Crippen LogP contribution in [0, 0.1) is 6.92 Å². The van der Waals surface area contributed by atoms with Gasteiger partial charge >= 0.3 is 0 Å². The zero-order chi connectivity index (χ0) is 13.2. The average molecular weight is 261 g/mol. The lowest BCUT2D eigenvalue weighted by Crippen LogP contribution is -2.25. The summed E-state index contributed by atoms with van der Waals surface area (Å²) in [5.74, 6) is 0. The van der Waals surface area contributed by atoms with E-state index in [1.165, 1.54) is 5.56 Å². The largest absolute Gasteiger partial charge is 0.385 e. The zero-order valence-corrected chi connectivity index (χ0v) is 11.4. The van der Waals surface area contributed by atoms with E-state index in [0.717, 1.165) is 11.1 Å². The van der Waals surface area contributed by atoms with Crippen molar-refractivity contribution in [2.24, 2.45) is 0 Å². The van der Waals surface area contributed by atoms with Gasteiger partial charge in [-0.2, -0.15) is 0 Å².